The highest BCUT2D eigenvalue weighted by atomic mass is 32.1. The molecule has 0 unspecified atom stereocenters. The number of benzene rings is 2. The highest BCUT2D eigenvalue weighted by Gasteiger charge is 2.22. The highest BCUT2D eigenvalue weighted by Crippen LogP contribution is 2.27. The minimum Gasteiger partial charge on any atom is -0.350 e. The SMILES string of the molecule is Cc1ccccc1-c1nn(-c2ccccc2)cc1C(=O)NC[C@H](c1cccs1)N(C)C. The standard InChI is InChI=1S/C25H26N4OS/c1-18-10-7-8-13-20(18)24-21(17-29(27-24)19-11-5-4-6-12-19)25(30)26-16-22(28(2)3)23-14-9-15-31-23/h4-15,17,22H,16H2,1-3H3,(H,26,30)/t22-/m1/s1. The summed E-state index contributed by atoms with van der Waals surface area (Å²) in [6.45, 7) is 2.56. The van der Waals surface area contributed by atoms with Gasteiger partial charge in [0.2, 0.25) is 0 Å². The number of likely N-dealkylation sites (N-methyl/N-ethyl adjacent to an activating group) is 1. The van der Waals surface area contributed by atoms with Crippen molar-refractivity contribution >= 4 is 17.2 Å². The van der Waals surface area contributed by atoms with E-state index in [1.54, 1.807) is 16.0 Å². The third-order valence-electron chi connectivity index (χ3n) is 5.33. The van der Waals surface area contributed by atoms with Gasteiger partial charge in [-0.15, -0.1) is 11.3 Å². The second-order valence-corrected chi connectivity index (χ2v) is 8.67. The van der Waals surface area contributed by atoms with Gasteiger partial charge < -0.3 is 10.2 Å². The van der Waals surface area contributed by atoms with Crippen molar-refractivity contribution < 1.29 is 4.79 Å². The smallest absolute Gasteiger partial charge is 0.255 e. The summed E-state index contributed by atoms with van der Waals surface area (Å²) in [6, 6.07) is 22.1. The summed E-state index contributed by atoms with van der Waals surface area (Å²) in [5.41, 5.74) is 4.23. The summed E-state index contributed by atoms with van der Waals surface area (Å²) >= 11 is 1.70. The molecular formula is C25H26N4OS. The highest BCUT2D eigenvalue weighted by molar-refractivity contribution is 7.10. The molecule has 2 aromatic carbocycles. The first-order valence-electron chi connectivity index (χ1n) is 10.2. The predicted molar refractivity (Wildman–Crippen MR) is 127 cm³/mol. The van der Waals surface area contributed by atoms with E-state index in [1.807, 2.05) is 87.9 Å². The van der Waals surface area contributed by atoms with Crippen LogP contribution in [0.3, 0.4) is 0 Å². The van der Waals surface area contributed by atoms with Gasteiger partial charge in [0, 0.05) is 23.2 Å². The molecule has 31 heavy (non-hydrogen) atoms. The van der Waals surface area contributed by atoms with Gasteiger partial charge in [-0.1, -0.05) is 48.5 Å². The van der Waals surface area contributed by atoms with Crippen molar-refractivity contribution in [2.45, 2.75) is 13.0 Å². The van der Waals surface area contributed by atoms with Crippen LogP contribution in [0.1, 0.15) is 26.8 Å². The minimum absolute atomic E-state index is 0.120. The Kier molecular flexibility index (Phi) is 6.30. The number of aromatic nitrogens is 2. The molecule has 2 heterocycles. The molecule has 0 saturated carbocycles. The van der Waals surface area contributed by atoms with Gasteiger partial charge in [-0.25, -0.2) is 4.68 Å². The lowest BCUT2D eigenvalue weighted by atomic mass is 10.0. The molecule has 0 aliphatic heterocycles. The molecule has 0 bridgehead atoms. The zero-order valence-corrected chi connectivity index (χ0v) is 18.8. The van der Waals surface area contributed by atoms with Crippen LogP contribution in [0.5, 0.6) is 0 Å². The second kappa shape index (κ2) is 9.29. The second-order valence-electron chi connectivity index (χ2n) is 7.69. The van der Waals surface area contributed by atoms with E-state index in [9.17, 15) is 4.79 Å². The molecule has 0 aliphatic carbocycles. The average molecular weight is 431 g/mol. The van der Waals surface area contributed by atoms with Crippen LogP contribution in [0.2, 0.25) is 0 Å². The number of nitrogens with one attached hydrogen (secondary N) is 1. The molecule has 4 rings (SSSR count). The van der Waals surface area contributed by atoms with E-state index in [0.717, 1.165) is 16.8 Å². The van der Waals surface area contributed by atoms with E-state index in [4.69, 9.17) is 5.10 Å². The lowest BCUT2D eigenvalue weighted by Crippen LogP contribution is -2.34. The van der Waals surface area contributed by atoms with Crippen LogP contribution < -0.4 is 5.32 Å². The first-order chi connectivity index (χ1) is 15.0. The van der Waals surface area contributed by atoms with E-state index < -0.39 is 0 Å². The lowest BCUT2D eigenvalue weighted by molar-refractivity contribution is 0.0943. The fourth-order valence-electron chi connectivity index (χ4n) is 3.59. The van der Waals surface area contributed by atoms with Crippen LogP contribution in [0.4, 0.5) is 0 Å². The molecule has 0 aliphatic rings. The summed E-state index contributed by atoms with van der Waals surface area (Å²) in [6.07, 6.45) is 1.82. The summed E-state index contributed by atoms with van der Waals surface area (Å²) in [7, 11) is 4.06. The number of amides is 1. The molecule has 5 nitrogen and oxygen atoms in total. The lowest BCUT2D eigenvalue weighted by Gasteiger charge is -2.23. The summed E-state index contributed by atoms with van der Waals surface area (Å²) in [4.78, 5) is 16.7. The Morgan fingerprint density at radius 2 is 1.81 bits per heavy atom. The van der Waals surface area contributed by atoms with Crippen LogP contribution in [0.25, 0.3) is 16.9 Å². The Balaban J connectivity index is 1.67. The third-order valence-corrected chi connectivity index (χ3v) is 6.30. The van der Waals surface area contributed by atoms with Crippen LogP contribution in [0, 0.1) is 6.92 Å². The van der Waals surface area contributed by atoms with Crippen molar-refractivity contribution in [3.63, 3.8) is 0 Å². The van der Waals surface area contributed by atoms with Crippen LogP contribution in [-0.2, 0) is 0 Å². The third kappa shape index (κ3) is 4.60. The van der Waals surface area contributed by atoms with Gasteiger partial charge in [-0.2, -0.15) is 5.10 Å². The normalized spacial score (nSPS) is 12.1. The van der Waals surface area contributed by atoms with E-state index in [2.05, 4.69) is 21.7 Å². The maximum atomic E-state index is 13.3. The van der Waals surface area contributed by atoms with Crippen molar-refractivity contribution in [1.82, 2.24) is 20.0 Å². The Hall–Kier alpha value is -3.22. The van der Waals surface area contributed by atoms with Crippen molar-refractivity contribution in [3.05, 3.63) is 94.3 Å². The Bertz CT molecular complexity index is 1150. The van der Waals surface area contributed by atoms with Crippen LogP contribution >= 0.6 is 11.3 Å². The van der Waals surface area contributed by atoms with Gasteiger partial charge >= 0.3 is 0 Å². The number of aryl methyl sites for hydroxylation is 1. The molecule has 0 saturated heterocycles. The maximum Gasteiger partial charge on any atom is 0.255 e. The van der Waals surface area contributed by atoms with Gasteiger partial charge in [0.15, 0.2) is 0 Å². The fourth-order valence-corrected chi connectivity index (χ4v) is 4.52. The van der Waals surface area contributed by atoms with Gasteiger partial charge in [0.25, 0.3) is 5.91 Å². The van der Waals surface area contributed by atoms with Gasteiger partial charge in [-0.05, 0) is 50.2 Å². The summed E-state index contributed by atoms with van der Waals surface area (Å²) < 4.78 is 1.78. The van der Waals surface area contributed by atoms with Gasteiger partial charge in [-0.3, -0.25) is 4.79 Å². The number of nitrogens with zero attached hydrogens (tertiary/aromatic N) is 3. The van der Waals surface area contributed by atoms with Gasteiger partial charge in [0.1, 0.15) is 5.69 Å². The minimum atomic E-state index is -0.121. The monoisotopic (exact) mass is 430 g/mol. The molecule has 1 amide bonds. The van der Waals surface area contributed by atoms with Crippen molar-refractivity contribution in [3.8, 4) is 16.9 Å². The van der Waals surface area contributed by atoms with E-state index in [0.29, 0.717) is 17.8 Å². The summed E-state index contributed by atoms with van der Waals surface area (Å²) in [5.74, 6) is -0.121. The number of para-hydroxylation sites is 1. The summed E-state index contributed by atoms with van der Waals surface area (Å²) in [5, 5.41) is 9.99. The number of rotatable bonds is 7. The average Bonchev–Trinajstić information content (AvgIpc) is 3.45. The molecule has 1 N–H and O–H groups in total. The zero-order chi connectivity index (χ0) is 21.8. The fraction of sp³-hybridized carbons (Fsp3) is 0.200. The number of hydrogen-bond donors (Lipinski definition) is 1. The van der Waals surface area contributed by atoms with Crippen molar-refractivity contribution in [2.24, 2.45) is 0 Å². The first-order valence-corrected chi connectivity index (χ1v) is 11.1. The number of thiophene rings is 1. The molecule has 0 radical (unpaired) electrons. The molecule has 158 valence electrons. The molecule has 0 fully saturated rings. The molecule has 0 spiro atoms. The molecule has 6 heteroatoms. The molecule has 4 aromatic rings. The van der Waals surface area contributed by atoms with E-state index >= 15 is 0 Å². The quantitative estimate of drug-likeness (QED) is 0.452. The number of carbonyl (C=O) groups excluding carboxylic acids is 1. The van der Waals surface area contributed by atoms with Crippen molar-refractivity contribution in [2.75, 3.05) is 20.6 Å². The largest absolute Gasteiger partial charge is 0.350 e. The van der Waals surface area contributed by atoms with Crippen LogP contribution in [-0.4, -0.2) is 41.2 Å². The zero-order valence-electron chi connectivity index (χ0n) is 17.9. The van der Waals surface area contributed by atoms with E-state index in [1.165, 1.54) is 4.88 Å². The first kappa shape index (κ1) is 21.0. The predicted octanol–water partition coefficient (Wildman–Crippen LogP) is 4.94. The Morgan fingerprint density at radius 3 is 2.48 bits per heavy atom. The van der Waals surface area contributed by atoms with Crippen LogP contribution in [0.15, 0.2) is 78.3 Å². The Labute approximate surface area is 187 Å². The Morgan fingerprint density at radius 1 is 1.06 bits per heavy atom. The number of hydrogen-bond acceptors (Lipinski definition) is 4. The maximum absolute atomic E-state index is 13.3. The van der Waals surface area contributed by atoms with Gasteiger partial charge in [0.05, 0.1) is 17.3 Å². The molecule has 1 atom stereocenters. The molecular weight excluding hydrogens is 404 g/mol. The topological polar surface area (TPSA) is 50.2 Å². The van der Waals surface area contributed by atoms with Crippen molar-refractivity contribution in [1.29, 1.82) is 0 Å². The van der Waals surface area contributed by atoms with E-state index in [-0.39, 0.29) is 11.9 Å². The number of carbonyl (C=O) groups is 1. The molecule has 2 aromatic heterocycles.